The molecule has 1 heterocycles. The molecule has 3 nitrogen and oxygen atoms in total. The smallest absolute Gasteiger partial charge is 0.0250 e. The van der Waals surface area contributed by atoms with Crippen LogP contribution in [0.5, 0.6) is 0 Å². The van der Waals surface area contributed by atoms with Crippen LogP contribution in [0, 0.1) is 0 Å². The van der Waals surface area contributed by atoms with Crippen LogP contribution in [0.15, 0.2) is 0 Å². The van der Waals surface area contributed by atoms with Crippen molar-refractivity contribution in [3.05, 3.63) is 0 Å². The first-order valence-electron chi connectivity index (χ1n) is 7.87. The molecule has 2 rings (SSSR count). The molecular formula is C15H31N3. The molecule has 0 amide bonds. The number of nitrogens with zero attached hydrogens (tertiary/aromatic N) is 2. The van der Waals surface area contributed by atoms with Crippen molar-refractivity contribution in [2.24, 2.45) is 0 Å². The van der Waals surface area contributed by atoms with Crippen molar-refractivity contribution in [3.63, 3.8) is 0 Å². The maximum atomic E-state index is 3.58. The van der Waals surface area contributed by atoms with Crippen LogP contribution >= 0.6 is 0 Å². The lowest BCUT2D eigenvalue weighted by Gasteiger charge is -2.45. The van der Waals surface area contributed by atoms with Gasteiger partial charge in [0.05, 0.1) is 0 Å². The molecule has 2 fully saturated rings. The predicted octanol–water partition coefficient (Wildman–Crippen LogP) is 1.93. The van der Waals surface area contributed by atoms with Gasteiger partial charge in [0.15, 0.2) is 0 Å². The Kier molecular flexibility index (Phi) is 5.46. The van der Waals surface area contributed by atoms with Gasteiger partial charge in [0.2, 0.25) is 0 Å². The van der Waals surface area contributed by atoms with E-state index in [0.717, 1.165) is 12.1 Å². The standard InChI is InChI=1S/C15H31N3/c1-4-13-12-18(11-10-17(13)3)15-9-7-5-6-8-14(15)16-2/h13-16H,4-12H2,1-3H3. The Labute approximate surface area is 113 Å². The van der Waals surface area contributed by atoms with Crippen LogP contribution in [-0.2, 0) is 0 Å². The summed E-state index contributed by atoms with van der Waals surface area (Å²) in [5.41, 5.74) is 0. The van der Waals surface area contributed by atoms with E-state index in [1.165, 1.54) is 58.2 Å². The highest BCUT2D eigenvalue weighted by Crippen LogP contribution is 2.24. The van der Waals surface area contributed by atoms with E-state index in [1.807, 2.05) is 0 Å². The third-order valence-corrected chi connectivity index (χ3v) is 5.10. The van der Waals surface area contributed by atoms with Crippen molar-refractivity contribution in [1.82, 2.24) is 15.1 Å². The summed E-state index contributed by atoms with van der Waals surface area (Å²) in [7, 11) is 4.44. The van der Waals surface area contributed by atoms with Crippen LogP contribution in [-0.4, -0.2) is 61.7 Å². The molecule has 0 bridgehead atoms. The minimum atomic E-state index is 0.716. The van der Waals surface area contributed by atoms with Gasteiger partial charge in [-0.15, -0.1) is 0 Å². The topological polar surface area (TPSA) is 18.5 Å². The molecule has 3 unspecified atom stereocenters. The van der Waals surface area contributed by atoms with Gasteiger partial charge >= 0.3 is 0 Å². The van der Waals surface area contributed by atoms with Crippen LogP contribution in [0.3, 0.4) is 0 Å². The summed E-state index contributed by atoms with van der Waals surface area (Å²) < 4.78 is 0. The Morgan fingerprint density at radius 1 is 1.11 bits per heavy atom. The number of rotatable bonds is 3. The number of hydrogen-bond acceptors (Lipinski definition) is 3. The van der Waals surface area contributed by atoms with Crippen molar-refractivity contribution in [1.29, 1.82) is 0 Å². The zero-order valence-electron chi connectivity index (χ0n) is 12.5. The van der Waals surface area contributed by atoms with E-state index < -0.39 is 0 Å². The van der Waals surface area contributed by atoms with Crippen LogP contribution in [0.25, 0.3) is 0 Å². The van der Waals surface area contributed by atoms with Gasteiger partial charge in [0.25, 0.3) is 0 Å². The van der Waals surface area contributed by atoms with E-state index >= 15 is 0 Å². The van der Waals surface area contributed by atoms with Crippen molar-refractivity contribution < 1.29 is 0 Å². The zero-order chi connectivity index (χ0) is 13.0. The molecular weight excluding hydrogens is 222 g/mol. The van der Waals surface area contributed by atoms with Gasteiger partial charge in [-0.1, -0.05) is 26.2 Å². The maximum Gasteiger partial charge on any atom is 0.0250 e. The fourth-order valence-electron chi connectivity index (χ4n) is 3.77. The quantitative estimate of drug-likeness (QED) is 0.776. The first kappa shape index (κ1) is 14.3. The third-order valence-electron chi connectivity index (χ3n) is 5.10. The van der Waals surface area contributed by atoms with Crippen molar-refractivity contribution in [3.8, 4) is 0 Å². The van der Waals surface area contributed by atoms with Crippen molar-refractivity contribution in [2.75, 3.05) is 33.7 Å². The average Bonchev–Trinajstić information content (AvgIpc) is 2.64. The molecule has 0 aromatic carbocycles. The lowest BCUT2D eigenvalue weighted by Crippen LogP contribution is -2.58. The molecule has 1 saturated heterocycles. The summed E-state index contributed by atoms with van der Waals surface area (Å²) in [5.74, 6) is 0. The van der Waals surface area contributed by atoms with Gasteiger partial charge in [-0.2, -0.15) is 0 Å². The van der Waals surface area contributed by atoms with Gasteiger partial charge in [0.1, 0.15) is 0 Å². The van der Waals surface area contributed by atoms with Crippen LogP contribution < -0.4 is 5.32 Å². The largest absolute Gasteiger partial charge is 0.315 e. The Morgan fingerprint density at radius 3 is 2.61 bits per heavy atom. The molecule has 1 aliphatic carbocycles. The Morgan fingerprint density at radius 2 is 1.89 bits per heavy atom. The normalized spacial score (nSPS) is 36.5. The summed E-state index contributed by atoms with van der Waals surface area (Å²) in [6.07, 6.45) is 8.30. The highest BCUT2D eigenvalue weighted by molar-refractivity contribution is 4.90. The fourth-order valence-corrected chi connectivity index (χ4v) is 3.77. The first-order valence-corrected chi connectivity index (χ1v) is 7.87. The Hall–Kier alpha value is -0.120. The van der Waals surface area contributed by atoms with Crippen LogP contribution in [0.2, 0.25) is 0 Å². The number of hydrogen-bond donors (Lipinski definition) is 1. The molecule has 0 radical (unpaired) electrons. The molecule has 1 saturated carbocycles. The van der Waals surface area contributed by atoms with E-state index in [-0.39, 0.29) is 0 Å². The van der Waals surface area contributed by atoms with Gasteiger partial charge in [-0.05, 0) is 33.4 Å². The summed E-state index contributed by atoms with van der Waals surface area (Å²) in [6, 6.07) is 2.26. The van der Waals surface area contributed by atoms with Gasteiger partial charge in [-0.3, -0.25) is 4.90 Å². The van der Waals surface area contributed by atoms with Crippen LogP contribution in [0.4, 0.5) is 0 Å². The maximum absolute atomic E-state index is 3.58. The van der Waals surface area contributed by atoms with Gasteiger partial charge < -0.3 is 10.2 Å². The van der Waals surface area contributed by atoms with Crippen molar-refractivity contribution >= 4 is 0 Å². The summed E-state index contributed by atoms with van der Waals surface area (Å²) in [5, 5.41) is 3.58. The predicted molar refractivity (Wildman–Crippen MR) is 78.0 cm³/mol. The highest BCUT2D eigenvalue weighted by Gasteiger charge is 2.32. The minimum Gasteiger partial charge on any atom is -0.315 e. The molecule has 2 aliphatic rings. The summed E-state index contributed by atoms with van der Waals surface area (Å²) in [4.78, 5) is 5.32. The third kappa shape index (κ3) is 3.25. The van der Waals surface area contributed by atoms with Gasteiger partial charge in [0, 0.05) is 37.8 Å². The molecule has 0 aromatic rings. The molecule has 3 atom stereocenters. The molecule has 106 valence electrons. The van der Waals surface area contributed by atoms with Crippen LogP contribution in [0.1, 0.15) is 45.4 Å². The van der Waals surface area contributed by atoms with E-state index in [0.29, 0.717) is 6.04 Å². The van der Waals surface area contributed by atoms with E-state index in [4.69, 9.17) is 0 Å². The second-order valence-electron chi connectivity index (χ2n) is 6.14. The summed E-state index contributed by atoms with van der Waals surface area (Å²) in [6.45, 7) is 6.10. The number of likely N-dealkylation sites (N-methyl/N-ethyl adjacent to an activating group) is 2. The molecule has 1 aliphatic heterocycles. The Bertz CT molecular complexity index is 244. The SMILES string of the molecule is CCC1CN(C2CCCCCC2NC)CCN1C. The highest BCUT2D eigenvalue weighted by atomic mass is 15.3. The second-order valence-corrected chi connectivity index (χ2v) is 6.14. The summed E-state index contributed by atoms with van der Waals surface area (Å²) >= 11 is 0. The van der Waals surface area contributed by atoms with E-state index in [2.05, 4.69) is 36.1 Å². The van der Waals surface area contributed by atoms with E-state index in [9.17, 15) is 0 Å². The molecule has 0 spiro atoms. The molecule has 3 heteroatoms. The van der Waals surface area contributed by atoms with Gasteiger partial charge in [-0.25, -0.2) is 0 Å². The lowest BCUT2D eigenvalue weighted by molar-refractivity contribution is 0.0470. The van der Waals surface area contributed by atoms with Crippen molar-refractivity contribution in [2.45, 2.75) is 63.6 Å². The lowest BCUT2D eigenvalue weighted by atomic mass is 9.98. The molecule has 1 N–H and O–H groups in total. The zero-order valence-corrected chi connectivity index (χ0v) is 12.5. The molecule has 18 heavy (non-hydrogen) atoms. The first-order chi connectivity index (χ1) is 8.76. The molecule has 0 aromatic heterocycles. The Balaban J connectivity index is 1.99. The number of nitrogens with one attached hydrogen (secondary N) is 1. The minimum absolute atomic E-state index is 0.716. The fraction of sp³-hybridized carbons (Fsp3) is 1.00. The monoisotopic (exact) mass is 253 g/mol. The average molecular weight is 253 g/mol. The number of piperazine rings is 1. The van der Waals surface area contributed by atoms with E-state index in [1.54, 1.807) is 0 Å². The second kappa shape index (κ2) is 6.88.